The molecule has 188 valence electrons. The SMILES string of the molecule is C=CC(=O)OCC(CO)(COC(=O)C=C)COC(=O)C=C.Oc1ccccc1.Oc1ccccc1. The Morgan fingerprint density at radius 1 is 0.657 bits per heavy atom. The number of carbonyl (C=O) groups is 3. The van der Waals surface area contributed by atoms with Gasteiger partial charge in [0.25, 0.3) is 0 Å². The summed E-state index contributed by atoms with van der Waals surface area (Å²) in [7, 11) is 0. The minimum absolute atomic E-state index is 0.322. The Kier molecular flexibility index (Phi) is 15.8. The molecule has 0 spiro atoms. The molecular weight excluding hydrogens is 456 g/mol. The van der Waals surface area contributed by atoms with Crippen LogP contribution in [0.3, 0.4) is 0 Å². The Hall–Kier alpha value is -4.37. The quantitative estimate of drug-likeness (QED) is 0.263. The van der Waals surface area contributed by atoms with Crippen molar-refractivity contribution in [2.45, 2.75) is 0 Å². The summed E-state index contributed by atoms with van der Waals surface area (Å²) in [5.74, 6) is -1.53. The van der Waals surface area contributed by atoms with Crippen LogP contribution in [0.2, 0.25) is 0 Å². The highest BCUT2D eigenvalue weighted by Crippen LogP contribution is 2.19. The molecule has 0 saturated heterocycles. The van der Waals surface area contributed by atoms with E-state index >= 15 is 0 Å². The fourth-order valence-corrected chi connectivity index (χ4v) is 1.97. The fraction of sp³-hybridized carbons (Fsp3) is 0.192. The van der Waals surface area contributed by atoms with Gasteiger partial charge in [0.05, 0.1) is 12.0 Å². The first kappa shape index (κ1) is 30.6. The zero-order valence-corrected chi connectivity index (χ0v) is 19.2. The van der Waals surface area contributed by atoms with Gasteiger partial charge in [-0.15, -0.1) is 0 Å². The lowest BCUT2D eigenvalue weighted by Crippen LogP contribution is -2.42. The van der Waals surface area contributed by atoms with Gasteiger partial charge >= 0.3 is 17.9 Å². The van der Waals surface area contributed by atoms with E-state index in [1.54, 1.807) is 48.5 Å². The van der Waals surface area contributed by atoms with Crippen LogP contribution in [0.15, 0.2) is 98.6 Å². The molecule has 0 radical (unpaired) electrons. The number of benzene rings is 2. The first-order valence-electron chi connectivity index (χ1n) is 10.2. The lowest BCUT2D eigenvalue weighted by Gasteiger charge is -2.29. The lowest BCUT2D eigenvalue weighted by molar-refractivity contribution is -0.159. The number of carbonyl (C=O) groups excluding carboxylic acids is 3. The molecule has 0 saturated carbocycles. The Morgan fingerprint density at radius 3 is 1.11 bits per heavy atom. The smallest absolute Gasteiger partial charge is 0.330 e. The average molecular weight is 487 g/mol. The maximum atomic E-state index is 11.1. The van der Waals surface area contributed by atoms with Gasteiger partial charge in [-0.25, -0.2) is 14.4 Å². The molecule has 9 nitrogen and oxygen atoms in total. The summed E-state index contributed by atoms with van der Waals surface area (Å²) >= 11 is 0. The third-order valence-corrected chi connectivity index (χ3v) is 3.91. The van der Waals surface area contributed by atoms with Crippen LogP contribution in [0.4, 0.5) is 0 Å². The van der Waals surface area contributed by atoms with Gasteiger partial charge in [0.1, 0.15) is 31.3 Å². The molecule has 0 unspecified atom stereocenters. The molecule has 35 heavy (non-hydrogen) atoms. The minimum Gasteiger partial charge on any atom is -0.508 e. The zero-order chi connectivity index (χ0) is 26.5. The van der Waals surface area contributed by atoms with Crippen LogP contribution >= 0.6 is 0 Å². The molecule has 0 bridgehead atoms. The van der Waals surface area contributed by atoms with E-state index in [2.05, 4.69) is 19.7 Å². The van der Waals surface area contributed by atoms with Gasteiger partial charge in [0.2, 0.25) is 0 Å². The van der Waals surface area contributed by atoms with Gasteiger partial charge < -0.3 is 29.5 Å². The van der Waals surface area contributed by atoms with Crippen LogP contribution < -0.4 is 0 Å². The Labute approximate surface area is 204 Å². The van der Waals surface area contributed by atoms with Crippen LogP contribution in [0.25, 0.3) is 0 Å². The highest BCUT2D eigenvalue weighted by molar-refractivity contribution is 5.82. The van der Waals surface area contributed by atoms with E-state index < -0.39 is 29.9 Å². The number of ether oxygens (including phenoxy) is 3. The normalized spacial score (nSPS) is 9.51. The van der Waals surface area contributed by atoms with E-state index in [1.807, 2.05) is 12.1 Å². The topological polar surface area (TPSA) is 140 Å². The first-order valence-corrected chi connectivity index (χ1v) is 10.2. The van der Waals surface area contributed by atoms with Gasteiger partial charge in [-0.3, -0.25) is 0 Å². The molecule has 0 aliphatic carbocycles. The van der Waals surface area contributed by atoms with E-state index in [0.717, 1.165) is 18.2 Å². The number of hydrogen-bond donors (Lipinski definition) is 3. The Balaban J connectivity index is 0.000000656. The fourth-order valence-electron chi connectivity index (χ4n) is 1.97. The van der Waals surface area contributed by atoms with E-state index in [-0.39, 0.29) is 19.8 Å². The summed E-state index contributed by atoms with van der Waals surface area (Å²) in [5, 5.41) is 26.7. The summed E-state index contributed by atoms with van der Waals surface area (Å²) in [6, 6.07) is 17.4. The summed E-state index contributed by atoms with van der Waals surface area (Å²) in [5.41, 5.74) is -1.28. The second kappa shape index (κ2) is 18.1. The van der Waals surface area contributed by atoms with Crippen LogP contribution in [-0.2, 0) is 28.6 Å². The van der Waals surface area contributed by atoms with Crippen molar-refractivity contribution in [1.29, 1.82) is 0 Å². The Bertz CT molecular complexity index is 827. The van der Waals surface area contributed by atoms with E-state index in [4.69, 9.17) is 24.4 Å². The molecule has 0 heterocycles. The van der Waals surface area contributed by atoms with Crippen LogP contribution in [0, 0.1) is 5.41 Å². The Morgan fingerprint density at radius 2 is 0.943 bits per heavy atom. The standard InChI is InChI=1S/C14H18O7.2C6H6O/c1-4-11(16)19-8-14(7-15,9-20-12(17)5-2)10-21-13(18)6-3;2*7-6-4-2-1-3-5-6/h4-6,15H,1-3,7-10H2;2*1-5,7H. The number of rotatable bonds is 10. The maximum Gasteiger partial charge on any atom is 0.330 e. The second-order valence-electron chi connectivity index (χ2n) is 6.76. The summed E-state index contributed by atoms with van der Waals surface area (Å²) in [6.45, 7) is 8.14. The molecule has 2 aromatic carbocycles. The molecule has 0 aliphatic heterocycles. The number of esters is 3. The molecular formula is C26H30O9. The third kappa shape index (κ3) is 15.2. The average Bonchev–Trinajstić information content (AvgIpc) is 2.89. The van der Waals surface area contributed by atoms with Crippen molar-refractivity contribution in [3.8, 4) is 11.5 Å². The van der Waals surface area contributed by atoms with Crippen molar-refractivity contribution in [3.05, 3.63) is 98.6 Å². The largest absolute Gasteiger partial charge is 0.508 e. The third-order valence-electron chi connectivity index (χ3n) is 3.91. The van der Waals surface area contributed by atoms with Gasteiger partial charge in [0, 0.05) is 18.2 Å². The maximum absolute atomic E-state index is 11.1. The predicted octanol–water partition coefficient (Wildman–Crippen LogP) is 2.94. The van der Waals surface area contributed by atoms with Crippen molar-refractivity contribution in [1.82, 2.24) is 0 Å². The van der Waals surface area contributed by atoms with Gasteiger partial charge in [-0.05, 0) is 24.3 Å². The van der Waals surface area contributed by atoms with Crippen LogP contribution in [0.1, 0.15) is 0 Å². The number of aromatic hydroxyl groups is 2. The van der Waals surface area contributed by atoms with Crippen LogP contribution in [-0.4, -0.2) is 59.7 Å². The molecule has 0 amide bonds. The van der Waals surface area contributed by atoms with Crippen molar-refractivity contribution < 1.29 is 43.9 Å². The van der Waals surface area contributed by atoms with Crippen LogP contribution in [0.5, 0.6) is 11.5 Å². The van der Waals surface area contributed by atoms with Crippen molar-refractivity contribution in [3.63, 3.8) is 0 Å². The summed E-state index contributed by atoms with van der Waals surface area (Å²) < 4.78 is 14.5. The minimum atomic E-state index is -1.28. The van der Waals surface area contributed by atoms with Gasteiger partial charge in [-0.1, -0.05) is 56.1 Å². The zero-order valence-electron chi connectivity index (χ0n) is 19.2. The summed E-state index contributed by atoms with van der Waals surface area (Å²) in [4.78, 5) is 33.3. The molecule has 0 aromatic heterocycles. The number of aliphatic hydroxyl groups excluding tert-OH is 1. The highest BCUT2D eigenvalue weighted by Gasteiger charge is 2.35. The molecule has 9 heteroatoms. The van der Waals surface area contributed by atoms with Gasteiger partial charge in [0.15, 0.2) is 0 Å². The number of hydrogen-bond acceptors (Lipinski definition) is 9. The van der Waals surface area contributed by atoms with Crippen molar-refractivity contribution in [2.24, 2.45) is 5.41 Å². The number of aliphatic hydroxyl groups is 1. The number of phenols is 2. The molecule has 0 fully saturated rings. The van der Waals surface area contributed by atoms with E-state index in [1.165, 1.54) is 0 Å². The molecule has 3 N–H and O–H groups in total. The number of phenolic OH excluding ortho intramolecular Hbond substituents is 2. The molecule has 2 rings (SSSR count). The molecule has 0 aliphatic rings. The number of para-hydroxylation sites is 2. The first-order chi connectivity index (χ1) is 16.7. The monoisotopic (exact) mass is 486 g/mol. The predicted molar refractivity (Wildman–Crippen MR) is 129 cm³/mol. The molecule has 2 aromatic rings. The van der Waals surface area contributed by atoms with Crippen molar-refractivity contribution >= 4 is 17.9 Å². The summed E-state index contributed by atoms with van der Waals surface area (Å²) in [6.07, 6.45) is 2.81. The molecule has 0 atom stereocenters. The second-order valence-corrected chi connectivity index (χ2v) is 6.76. The van der Waals surface area contributed by atoms with Crippen molar-refractivity contribution in [2.75, 3.05) is 26.4 Å². The van der Waals surface area contributed by atoms with Gasteiger partial charge in [-0.2, -0.15) is 0 Å². The van der Waals surface area contributed by atoms with E-state index in [0.29, 0.717) is 11.5 Å². The lowest BCUT2D eigenvalue weighted by atomic mass is 9.92. The van der Waals surface area contributed by atoms with E-state index in [9.17, 15) is 19.5 Å². The highest BCUT2D eigenvalue weighted by atomic mass is 16.6.